The molecule has 0 heterocycles. The number of carbonyl (C=O) groups is 1. The lowest BCUT2D eigenvalue weighted by atomic mass is 9.35. The van der Waals surface area contributed by atoms with Gasteiger partial charge in [0.25, 0.3) is 0 Å². The van der Waals surface area contributed by atoms with Gasteiger partial charge in [-0.15, -0.1) is 0 Å². The fourth-order valence-electron chi connectivity index (χ4n) is 10.4. The van der Waals surface area contributed by atoms with Gasteiger partial charge in [0.15, 0.2) is 5.78 Å². The predicted molar refractivity (Wildman–Crippen MR) is 131 cm³/mol. The number of ketones is 1. The highest BCUT2D eigenvalue weighted by Crippen LogP contribution is 2.75. The van der Waals surface area contributed by atoms with Gasteiger partial charge in [0, 0.05) is 5.41 Å². The summed E-state index contributed by atoms with van der Waals surface area (Å²) in [5, 5.41) is 11.1. The number of carbonyl (C=O) groups excluding carboxylic acids is 1. The van der Waals surface area contributed by atoms with Crippen molar-refractivity contribution in [3.8, 4) is 0 Å². The number of rotatable bonds is 1. The van der Waals surface area contributed by atoms with Gasteiger partial charge in [0.1, 0.15) is 0 Å². The summed E-state index contributed by atoms with van der Waals surface area (Å²) < 4.78 is 0. The molecule has 5 aliphatic carbocycles. The lowest BCUT2D eigenvalue weighted by Crippen LogP contribution is -2.62. The first kappa shape index (κ1) is 22.9. The van der Waals surface area contributed by atoms with E-state index in [-0.39, 0.29) is 33.2 Å². The summed E-state index contributed by atoms with van der Waals surface area (Å²) in [6, 6.07) is 0. The van der Waals surface area contributed by atoms with Crippen LogP contribution in [-0.4, -0.2) is 17.0 Å². The van der Waals surface area contributed by atoms with E-state index in [1.165, 1.54) is 19.3 Å². The van der Waals surface area contributed by atoms with Gasteiger partial charge in [-0.25, -0.2) is 0 Å². The number of allylic oxidation sites excluding steroid dienone is 4. The molecule has 2 nitrogen and oxygen atoms in total. The average molecular weight is 439 g/mol. The SMILES string of the molecule is CC(C)[C@@H]1[C@@H](O)C[C@]2(C)CC[C@]3(C)C(=CC[C@@H]4[C@@]5(C)C=CC(=O)C(C)(C)[C@@H]5CC[C@]43C)[C@@H]12. The van der Waals surface area contributed by atoms with E-state index < -0.39 is 0 Å². The molecule has 5 rings (SSSR count). The highest BCUT2D eigenvalue weighted by atomic mass is 16.3. The van der Waals surface area contributed by atoms with Gasteiger partial charge in [-0.3, -0.25) is 4.79 Å². The number of hydrogen-bond donors (Lipinski definition) is 1. The van der Waals surface area contributed by atoms with Crippen LogP contribution >= 0.6 is 0 Å². The molecule has 0 amide bonds. The third-order valence-electron chi connectivity index (χ3n) is 12.4. The third kappa shape index (κ3) is 2.54. The van der Waals surface area contributed by atoms with Crippen molar-refractivity contribution in [1.29, 1.82) is 0 Å². The number of aliphatic hydroxyl groups is 1. The van der Waals surface area contributed by atoms with Crippen LogP contribution in [0.4, 0.5) is 0 Å². The van der Waals surface area contributed by atoms with Crippen LogP contribution in [0.3, 0.4) is 0 Å². The Morgan fingerprint density at radius 2 is 1.69 bits per heavy atom. The zero-order chi connectivity index (χ0) is 23.5. The third-order valence-corrected chi connectivity index (χ3v) is 12.4. The molecule has 9 atom stereocenters. The Balaban J connectivity index is 1.63. The van der Waals surface area contributed by atoms with Crippen molar-refractivity contribution in [2.24, 2.45) is 56.7 Å². The molecule has 0 aliphatic heterocycles. The molecule has 0 radical (unpaired) electrons. The van der Waals surface area contributed by atoms with E-state index in [0.29, 0.717) is 35.4 Å². The van der Waals surface area contributed by atoms with Crippen molar-refractivity contribution in [3.63, 3.8) is 0 Å². The van der Waals surface area contributed by atoms with Crippen LogP contribution in [0.1, 0.15) is 93.9 Å². The monoisotopic (exact) mass is 438 g/mol. The minimum atomic E-state index is -0.265. The van der Waals surface area contributed by atoms with Gasteiger partial charge >= 0.3 is 0 Å². The van der Waals surface area contributed by atoms with Gasteiger partial charge < -0.3 is 5.11 Å². The Labute approximate surface area is 196 Å². The van der Waals surface area contributed by atoms with Crippen molar-refractivity contribution in [1.82, 2.24) is 0 Å². The molecule has 0 aromatic carbocycles. The van der Waals surface area contributed by atoms with E-state index >= 15 is 0 Å². The van der Waals surface area contributed by atoms with E-state index in [2.05, 4.69) is 67.5 Å². The molecule has 3 saturated carbocycles. The van der Waals surface area contributed by atoms with Crippen LogP contribution in [0.2, 0.25) is 0 Å². The van der Waals surface area contributed by atoms with Gasteiger partial charge in [0.2, 0.25) is 0 Å². The molecule has 0 aromatic heterocycles. The smallest absolute Gasteiger partial charge is 0.161 e. The van der Waals surface area contributed by atoms with Crippen molar-refractivity contribution in [3.05, 3.63) is 23.8 Å². The zero-order valence-corrected chi connectivity index (χ0v) is 21.8. The van der Waals surface area contributed by atoms with Crippen molar-refractivity contribution >= 4 is 5.78 Å². The first-order valence-electron chi connectivity index (χ1n) is 13.3. The Morgan fingerprint density at radius 3 is 2.34 bits per heavy atom. The Morgan fingerprint density at radius 1 is 1.00 bits per heavy atom. The molecule has 178 valence electrons. The lowest BCUT2D eigenvalue weighted by Gasteiger charge is -2.69. The second-order valence-electron chi connectivity index (χ2n) is 14.3. The highest BCUT2D eigenvalue weighted by Gasteiger charge is 2.68. The highest BCUT2D eigenvalue weighted by molar-refractivity contribution is 5.95. The van der Waals surface area contributed by atoms with Gasteiger partial charge in [-0.2, -0.15) is 0 Å². The van der Waals surface area contributed by atoms with Crippen molar-refractivity contribution in [2.45, 2.75) is 100 Å². The van der Waals surface area contributed by atoms with E-state index in [1.807, 2.05) is 6.08 Å². The minimum Gasteiger partial charge on any atom is -0.393 e. The van der Waals surface area contributed by atoms with Crippen LogP contribution in [0.15, 0.2) is 23.8 Å². The van der Waals surface area contributed by atoms with Crippen LogP contribution < -0.4 is 0 Å². The Bertz CT molecular complexity index is 895. The lowest BCUT2D eigenvalue weighted by molar-refractivity contribution is -0.156. The molecule has 2 heteroatoms. The van der Waals surface area contributed by atoms with E-state index in [9.17, 15) is 9.90 Å². The molecule has 3 fully saturated rings. The summed E-state index contributed by atoms with van der Waals surface area (Å²) in [4.78, 5) is 12.8. The Kier molecular flexibility index (Phi) is 4.73. The standard InChI is InChI=1S/C30H46O2/c1-18(2)24-20(31)17-27(5)15-16-29(7)19(25(24)27)9-10-22-28(6)13-12-23(32)26(3,4)21(28)11-14-30(22,29)8/h9,12-13,18,20-22,24-25,31H,10-11,14-17H2,1-8H3/t20-,21-,22+,24+,25-,27-,28-,29+,30+/m0/s1. The largest absolute Gasteiger partial charge is 0.393 e. The maximum atomic E-state index is 12.8. The molecule has 0 saturated heterocycles. The van der Waals surface area contributed by atoms with Gasteiger partial charge in [-0.05, 0) is 95.9 Å². The maximum Gasteiger partial charge on any atom is 0.161 e. The summed E-state index contributed by atoms with van der Waals surface area (Å²) in [6.07, 6.45) is 13.6. The molecule has 0 unspecified atom stereocenters. The topological polar surface area (TPSA) is 37.3 Å². The summed E-state index contributed by atoms with van der Waals surface area (Å²) in [7, 11) is 0. The van der Waals surface area contributed by atoms with E-state index in [1.54, 1.807) is 5.57 Å². The van der Waals surface area contributed by atoms with Crippen LogP contribution in [0.5, 0.6) is 0 Å². The van der Waals surface area contributed by atoms with E-state index in [4.69, 9.17) is 0 Å². The van der Waals surface area contributed by atoms with Gasteiger partial charge in [-0.1, -0.05) is 73.1 Å². The molecule has 0 bridgehead atoms. The van der Waals surface area contributed by atoms with Gasteiger partial charge in [0.05, 0.1) is 6.10 Å². The molecular formula is C30H46O2. The summed E-state index contributed by atoms with van der Waals surface area (Å²) in [5.74, 6) is 2.71. The predicted octanol–water partition coefficient (Wildman–Crippen LogP) is 6.98. The average Bonchev–Trinajstić information content (AvgIpc) is 2.96. The summed E-state index contributed by atoms with van der Waals surface area (Å²) >= 11 is 0. The first-order valence-corrected chi connectivity index (χ1v) is 13.3. The summed E-state index contributed by atoms with van der Waals surface area (Å²) in [6.45, 7) is 19.1. The summed E-state index contributed by atoms with van der Waals surface area (Å²) in [5.41, 5.74) is 2.16. The Hall–Kier alpha value is -0.890. The molecule has 0 spiro atoms. The fraction of sp³-hybridized carbons (Fsp3) is 0.833. The van der Waals surface area contributed by atoms with Crippen LogP contribution in [0.25, 0.3) is 0 Å². The van der Waals surface area contributed by atoms with Crippen molar-refractivity contribution in [2.75, 3.05) is 0 Å². The van der Waals surface area contributed by atoms with Crippen molar-refractivity contribution < 1.29 is 9.90 Å². The first-order chi connectivity index (χ1) is 14.7. The number of hydrogen-bond acceptors (Lipinski definition) is 2. The number of fused-ring (bicyclic) bond motifs is 7. The quantitative estimate of drug-likeness (QED) is 0.448. The number of aliphatic hydroxyl groups excluding tert-OH is 1. The zero-order valence-electron chi connectivity index (χ0n) is 21.8. The maximum absolute atomic E-state index is 12.8. The fourth-order valence-corrected chi connectivity index (χ4v) is 10.4. The minimum absolute atomic E-state index is 0.0723. The van der Waals surface area contributed by atoms with Crippen LogP contribution in [-0.2, 0) is 4.79 Å². The molecule has 1 N–H and O–H groups in total. The normalized spacial score (nSPS) is 53.9. The second kappa shape index (κ2) is 6.61. The van der Waals surface area contributed by atoms with E-state index in [0.717, 1.165) is 19.3 Å². The molecule has 5 aliphatic rings. The molecular weight excluding hydrogens is 392 g/mol. The second-order valence-corrected chi connectivity index (χ2v) is 14.3. The molecule has 32 heavy (non-hydrogen) atoms. The van der Waals surface area contributed by atoms with Crippen LogP contribution in [0, 0.1) is 56.7 Å². The molecule has 0 aromatic rings.